The van der Waals surface area contributed by atoms with E-state index in [-0.39, 0.29) is 12.8 Å². The molecule has 0 aromatic heterocycles. The smallest absolute Gasteiger partial charge is 0.462 e. The van der Waals surface area contributed by atoms with E-state index in [9.17, 15) is 106 Å². The fourth-order valence-corrected chi connectivity index (χ4v) is 13.0. The number of ether oxygens (including phenoxy) is 10. The Hall–Kier alpha value is -2.47. The van der Waals surface area contributed by atoms with Crippen LogP contribution in [0.3, 0.4) is 0 Å². The van der Waals surface area contributed by atoms with Crippen LogP contribution >= 0.6 is 7.82 Å². The Morgan fingerprint density at radius 1 is 0.404 bits per heavy atom. The predicted octanol–water partition coefficient (Wildman–Crippen LogP) is -1.43. The molecule has 0 spiro atoms. The van der Waals surface area contributed by atoms with E-state index in [1.54, 1.807) is 0 Å². The molecule has 0 bridgehead atoms. The molecule has 18 N–H and O–H groups in total. The van der Waals surface area contributed by atoms with Crippen LogP contribution in [0.15, 0.2) is 24.3 Å². The standard InChI is InChI=1S/C65H115O33P/c1-3-5-7-9-11-13-15-16-17-18-20-21-23-25-27-29-42(68)87-33-37(91-43(69)30-28-26-24-22-19-14-12-10-8-6-4-2)34-90-99(85,86)98-61-59(96-64-57(83)49(75)45(71)39(32-67)93-64)53(79)52(78)54(80)60(61)97-65-58(84)51(77)47(73)41(95-65)36-89-63-56(82)50(76)46(72)40(94-63)35-88-62-55(81)48(74)44(70)38(31-66)92-62/h11,13,16-17,37-41,44-67,70-84H,3-10,12,14-15,18-36H2,1-2H3,(H,85,86)/b13-11-,17-16-/t37-,38?,39?,40?,41?,44+,45-,46+,47+,48?,49?,50?,51?,52+,53?,54?,55+,56+,57-,58+,59-,60?,61+,62-,63-,64-,65+/m1/s1. The number of unbranched alkanes of at least 4 members (excludes halogenated alkanes) is 18. The maximum Gasteiger partial charge on any atom is 0.472 e. The Balaban J connectivity index is 1.30. The molecule has 4 aliphatic heterocycles. The Morgan fingerprint density at radius 2 is 0.758 bits per heavy atom. The van der Waals surface area contributed by atoms with Gasteiger partial charge in [-0.25, -0.2) is 4.57 Å². The Morgan fingerprint density at radius 3 is 1.21 bits per heavy atom. The first-order valence-corrected chi connectivity index (χ1v) is 36.7. The quantitative estimate of drug-likeness (QED) is 0.0144. The zero-order chi connectivity index (χ0) is 72.8. The van der Waals surface area contributed by atoms with Gasteiger partial charge in [0.15, 0.2) is 31.3 Å². The minimum absolute atomic E-state index is 0.0200. The van der Waals surface area contributed by atoms with Gasteiger partial charge >= 0.3 is 19.8 Å². The molecule has 0 amide bonds. The van der Waals surface area contributed by atoms with Crippen molar-refractivity contribution in [2.24, 2.45) is 0 Å². The van der Waals surface area contributed by atoms with Crippen LogP contribution in [0.25, 0.3) is 0 Å². The molecule has 12 unspecified atom stereocenters. The van der Waals surface area contributed by atoms with Crippen molar-refractivity contribution in [2.45, 2.75) is 333 Å². The van der Waals surface area contributed by atoms with E-state index in [0.717, 1.165) is 77.0 Å². The molecule has 33 nitrogen and oxygen atoms in total. The number of carbonyl (C=O) groups excluding carboxylic acids is 2. The first kappa shape index (κ1) is 87.2. The van der Waals surface area contributed by atoms with Crippen molar-refractivity contribution in [3.63, 3.8) is 0 Å². The number of hydrogen-bond acceptors (Lipinski definition) is 32. The first-order chi connectivity index (χ1) is 47.3. The monoisotopic (exact) mass is 1450 g/mol. The number of aliphatic hydroxyl groups is 17. The summed E-state index contributed by atoms with van der Waals surface area (Å²) in [5.41, 5.74) is 0. The largest absolute Gasteiger partial charge is 0.472 e. The SMILES string of the molecule is CCCCC/C=C\C/C=C\CCCCCCCC(=O)OC[C@H](COP(=O)(O)O[C@@H]1C(O[C@@H]2OC(CO[C@@H]3OC(CO[C@@H]4OC(CO)[C@H](O)C(O)[C@@H]4O)[C@H](O)C(O)[C@@H]3O)[C@H](O)C(O)[C@@H]2O)C(O)[C@@H](O)C(O)[C@H]1O[C@H]1OC(CO)[C@@H](O)C(O)[C@H]1O)OC(=O)CCCCCCCCCCCCC. The van der Waals surface area contributed by atoms with Crippen LogP contribution in [0, 0.1) is 0 Å². The second kappa shape index (κ2) is 45.8. The molecule has 0 aromatic carbocycles. The van der Waals surface area contributed by atoms with Crippen LogP contribution in [-0.2, 0) is 70.6 Å². The number of phosphoric ester groups is 1. The van der Waals surface area contributed by atoms with Gasteiger partial charge in [0.2, 0.25) is 0 Å². The fourth-order valence-electron chi connectivity index (χ4n) is 12.0. The van der Waals surface area contributed by atoms with Gasteiger partial charge in [0, 0.05) is 12.8 Å². The van der Waals surface area contributed by atoms with Crippen LogP contribution < -0.4 is 0 Å². The Bertz CT molecular complexity index is 2330. The van der Waals surface area contributed by atoms with Gasteiger partial charge in [0.1, 0.15) is 141 Å². The average Bonchev–Trinajstić information content (AvgIpc) is 0.764. The maximum absolute atomic E-state index is 14.4. The molecule has 5 fully saturated rings. The minimum Gasteiger partial charge on any atom is -0.462 e. The molecule has 1 aliphatic carbocycles. The molecule has 4 heterocycles. The van der Waals surface area contributed by atoms with E-state index in [4.69, 9.17) is 56.4 Å². The van der Waals surface area contributed by atoms with Crippen molar-refractivity contribution in [2.75, 3.05) is 39.6 Å². The van der Waals surface area contributed by atoms with E-state index in [1.807, 2.05) is 0 Å². The van der Waals surface area contributed by atoms with E-state index in [0.29, 0.717) is 25.7 Å². The van der Waals surface area contributed by atoms with E-state index < -0.39 is 225 Å². The lowest BCUT2D eigenvalue weighted by Crippen LogP contribution is -2.69. The molecule has 578 valence electrons. The lowest BCUT2D eigenvalue weighted by Gasteiger charge is -2.49. The highest BCUT2D eigenvalue weighted by atomic mass is 31.2. The molecule has 4 saturated heterocycles. The number of hydrogen-bond donors (Lipinski definition) is 18. The summed E-state index contributed by atoms with van der Waals surface area (Å²) in [5, 5.41) is 183. The normalized spacial score (nSPS) is 37.1. The summed E-state index contributed by atoms with van der Waals surface area (Å²) in [6.07, 6.45) is -26.2. The van der Waals surface area contributed by atoms with Crippen LogP contribution in [0.5, 0.6) is 0 Å². The fraction of sp³-hybridized carbons (Fsp3) is 0.908. The van der Waals surface area contributed by atoms with E-state index in [2.05, 4.69) is 38.2 Å². The minimum atomic E-state index is -5.82. The lowest BCUT2D eigenvalue weighted by molar-refractivity contribution is -0.365. The summed E-state index contributed by atoms with van der Waals surface area (Å²) in [6, 6.07) is 0. The summed E-state index contributed by atoms with van der Waals surface area (Å²) in [4.78, 5) is 38.0. The molecular weight excluding hydrogens is 1340 g/mol. The zero-order valence-electron chi connectivity index (χ0n) is 56.7. The van der Waals surface area contributed by atoms with Crippen LogP contribution in [0.4, 0.5) is 0 Å². The average molecular weight is 1460 g/mol. The van der Waals surface area contributed by atoms with Crippen molar-refractivity contribution in [3.05, 3.63) is 24.3 Å². The van der Waals surface area contributed by atoms with Crippen molar-refractivity contribution in [1.82, 2.24) is 0 Å². The van der Waals surface area contributed by atoms with Gasteiger partial charge in [0.25, 0.3) is 0 Å². The molecule has 34 heteroatoms. The zero-order valence-corrected chi connectivity index (χ0v) is 57.6. The van der Waals surface area contributed by atoms with Crippen molar-refractivity contribution < 1.29 is 162 Å². The van der Waals surface area contributed by atoms with Crippen molar-refractivity contribution >= 4 is 19.8 Å². The predicted molar refractivity (Wildman–Crippen MR) is 342 cm³/mol. The first-order valence-electron chi connectivity index (χ1n) is 35.2. The van der Waals surface area contributed by atoms with Gasteiger partial charge in [-0.15, -0.1) is 0 Å². The van der Waals surface area contributed by atoms with Crippen molar-refractivity contribution in [1.29, 1.82) is 0 Å². The van der Waals surface area contributed by atoms with E-state index >= 15 is 0 Å². The number of aliphatic hydroxyl groups excluding tert-OH is 17. The van der Waals surface area contributed by atoms with Gasteiger partial charge in [-0.2, -0.15) is 0 Å². The molecule has 5 aliphatic rings. The summed E-state index contributed by atoms with van der Waals surface area (Å²) >= 11 is 0. The summed E-state index contributed by atoms with van der Waals surface area (Å²) in [5.74, 6) is -1.46. The number of esters is 2. The van der Waals surface area contributed by atoms with Gasteiger partial charge in [-0.3, -0.25) is 18.6 Å². The third-order valence-electron chi connectivity index (χ3n) is 18.2. The number of allylic oxidation sites excluding steroid dienone is 4. The molecule has 0 radical (unpaired) electrons. The lowest BCUT2D eigenvalue weighted by atomic mass is 9.84. The molecule has 99 heavy (non-hydrogen) atoms. The second-order valence-electron chi connectivity index (χ2n) is 26.2. The van der Waals surface area contributed by atoms with Gasteiger partial charge < -0.3 is 139 Å². The molecule has 5 rings (SSSR count). The van der Waals surface area contributed by atoms with Gasteiger partial charge in [-0.05, 0) is 44.9 Å². The maximum atomic E-state index is 14.4. The highest BCUT2D eigenvalue weighted by molar-refractivity contribution is 7.47. The van der Waals surface area contributed by atoms with Gasteiger partial charge in [-0.1, -0.05) is 134 Å². The third kappa shape index (κ3) is 27.8. The number of rotatable bonds is 46. The summed E-state index contributed by atoms with van der Waals surface area (Å²) in [7, 11) is -5.82. The molecule has 1 saturated carbocycles. The van der Waals surface area contributed by atoms with E-state index in [1.165, 1.54) is 38.5 Å². The Kier molecular flexibility index (Phi) is 40.3. The van der Waals surface area contributed by atoms with Crippen molar-refractivity contribution in [3.8, 4) is 0 Å². The Labute approximate surface area is 577 Å². The number of carbonyl (C=O) groups is 2. The molecule has 0 aromatic rings. The van der Waals surface area contributed by atoms with Crippen LogP contribution in [0.1, 0.15) is 168 Å². The van der Waals surface area contributed by atoms with Gasteiger partial charge in [0.05, 0.1) is 33.0 Å². The van der Waals surface area contributed by atoms with Crippen LogP contribution in [-0.4, -0.2) is 309 Å². The second-order valence-corrected chi connectivity index (χ2v) is 27.6. The topological polar surface area (TPSA) is 526 Å². The summed E-state index contributed by atoms with van der Waals surface area (Å²) in [6.45, 7) is -0.987. The highest BCUT2D eigenvalue weighted by Crippen LogP contribution is 2.49. The highest BCUT2D eigenvalue weighted by Gasteiger charge is 2.59. The van der Waals surface area contributed by atoms with Crippen LogP contribution in [0.2, 0.25) is 0 Å². The molecular formula is C65H115O33P. The third-order valence-corrected chi connectivity index (χ3v) is 19.2. The summed E-state index contributed by atoms with van der Waals surface area (Å²) < 4.78 is 81.3. The number of phosphoric acid groups is 1. The molecule has 28 atom stereocenters.